The van der Waals surface area contributed by atoms with Crippen molar-refractivity contribution in [3.63, 3.8) is 0 Å². The summed E-state index contributed by atoms with van der Waals surface area (Å²) in [5, 5.41) is 4.70. The zero-order valence-electron chi connectivity index (χ0n) is 11.0. The molecule has 0 aliphatic heterocycles. The molecule has 0 saturated carbocycles. The molecule has 0 aliphatic rings. The molecule has 1 aromatic carbocycles. The third-order valence-electron chi connectivity index (χ3n) is 3.00. The van der Waals surface area contributed by atoms with Gasteiger partial charge in [-0.1, -0.05) is 30.3 Å². The Morgan fingerprint density at radius 2 is 2.06 bits per heavy atom. The molecule has 18 heavy (non-hydrogen) atoms. The molecule has 2 nitrogen and oxygen atoms in total. The summed E-state index contributed by atoms with van der Waals surface area (Å²) in [7, 11) is 0. The molecule has 2 rings (SSSR count). The number of hydrogen-bond donors (Lipinski definition) is 1. The SMILES string of the molecule is Cc1ncc(CNC(C)CCc2ccccc2)s1. The van der Waals surface area contributed by atoms with Crippen molar-refractivity contribution in [2.75, 3.05) is 0 Å². The zero-order chi connectivity index (χ0) is 12.8. The van der Waals surface area contributed by atoms with Gasteiger partial charge in [0.15, 0.2) is 0 Å². The van der Waals surface area contributed by atoms with E-state index in [1.807, 2.05) is 13.1 Å². The van der Waals surface area contributed by atoms with E-state index in [9.17, 15) is 0 Å². The lowest BCUT2D eigenvalue weighted by molar-refractivity contribution is 0.516. The maximum atomic E-state index is 4.27. The van der Waals surface area contributed by atoms with Gasteiger partial charge in [-0.15, -0.1) is 11.3 Å². The molecule has 0 saturated heterocycles. The average molecular weight is 260 g/mol. The molecule has 0 aliphatic carbocycles. The van der Waals surface area contributed by atoms with Gasteiger partial charge in [0.2, 0.25) is 0 Å². The fourth-order valence-corrected chi connectivity index (χ4v) is 2.64. The summed E-state index contributed by atoms with van der Waals surface area (Å²) in [6, 6.07) is 11.2. The van der Waals surface area contributed by atoms with Gasteiger partial charge in [0.1, 0.15) is 0 Å². The normalized spacial score (nSPS) is 12.6. The van der Waals surface area contributed by atoms with Crippen LogP contribution in [0.25, 0.3) is 0 Å². The Kier molecular flexibility index (Phi) is 4.90. The summed E-state index contributed by atoms with van der Waals surface area (Å²) in [6.45, 7) is 5.23. The number of nitrogens with one attached hydrogen (secondary N) is 1. The molecule has 1 heterocycles. The molecule has 0 amide bonds. The quantitative estimate of drug-likeness (QED) is 0.859. The van der Waals surface area contributed by atoms with Gasteiger partial charge in [0.25, 0.3) is 0 Å². The lowest BCUT2D eigenvalue weighted by Crippen LogP contribution is -2.25. The third kappa shape index (κ3) is 4.24. The molecule has 96 valence electrons. The topological polar surface area (TPSA) is 24.9 Å². The fourth-order valence-electron chi connectivity index (χ4n) is 1.89. The highest BCUT2D eigenvalue weighted by molar-refractivity contribution is 7.11. The van der Waals surface area contributed by atoms with E-state index in [0.717, 1.165) is 18.0 Å². The second kappa shape index (κ2) is 6.66. The van der Waals surface area contributed by atoms with Gasteiger partial charge in [0.05, 0.1) is 5.01 Å². The van der Waals surface area contributed by atoms with Crippen molar-refractivity contribution < 1.29 is 0 Å². The zero-order valence-corrected chi connectivity index (χ0v) is 11.8. The van der Waals surface area contributed by atoms with Crippen LogP contribution in [0.4, 0.5) is 0 Å². The van der Waals surface area contributed by atoms with Crippen LogP contribution in [-0.4, -0.2) is 11.0 Å². The van der Waals surface area contributed by atoms with E-state index in [-0.39, 0.29) is 0 Å². The van der Waals surface area contributed by atoms with Gasteiger partial charge < -0.3 is 5.32 Å². The molecular formula is C15H20N2S. The van der Waals surface area contributed by atoms with Crippen molar-refractivity contribution in [1.82, 2.24) is 10.3 Å². The largest absolute Gasteiger partial charge is 0.309 e. The smallest absolute Gasteiger partial charge is 0.0897 e. The molecule has 0 spiro atoms. The maximum absolute atomic E-state index is 4.27. The van der Waals surface area contributed by atoms with E-state index < -0.39 is 0 Å². The molecule has 0 bridgehead atoms. The number of nitrogens with zero attached hydrogens (tertiary/aromatic N) is 1. The number of thiazole rings is 1. The van der Waals surface area contributed by atoms with E-state index >= 15 is 0 Å². The Morgan fingerprint density at radius 1 is 1.28 bits per heavy atom. The van der Waals surface area contributed by atoms with Crippen molar-refractivity contribution in [2.45, 2.75) is 39.3 Å². The van der Waals surface area contributed by atoms with Crippen LogP contribution in [0.2, 0.25) is 0 Å². The fraction of sp³-hybridized carbons (Fsp3) is 0.400. The number of aromatic nitrogens is 1. The van der Waals surface area contributed by atoms with Crippen LogP contribution in [0, 0.1) is 6.92 Å². The summed E-state index contributed by atoms with van der Waals surface area (Å²) in [5.41, 5.74) is 1.42. The Hall–Kier alpha value is -1.19. The molecule has 1 N–H and O–H groups in total. The summed E-state index contributed by atoms with van der Waals surface area (Å²) in [6.07, 6.45) is 4.27. The van der Waals surface area contributed by atoms with E-state index in [0.29, 0.717) is 6.04 Å². The lowest BCUT2D eigenvalue weighted by atomic mass is 10.1. The minimum atomic E-state index is 0.535. The van der Waals surface area contributed by atoms with Crippen molar-refractivity contribution in [2.24, 2.45) is 0 Å². The predicted molar refractivity (Wildman–Crippen MR) is 77.9 cm³/mol. The van der Waals surface area contributed by atoms with Gasteiger partial charge in [-0.25, -0.2) is 4.98 Å². The van der Waals surface area contributed by atoms with E-state index in [1.54, 1.807) is 11.3 Å². The number of aryl methyl sites for hydroxylation is 2. The summed E-state index contributed by atoms with van der Waals surface area (Å²) in [5.74, 6) is 0. The molecule has 0 radical (unpaired) electrons. The highest BCUT2D eigenvalue weighted by Crippen LogP contribution is 2.11. The third-order valence-corrected chi connectivity index (χ3v) is 3.92. The number of hydrogen-bond acceptors (Lipinski definition) is 3. The average Bonchev–Trinajstić information content (AvgIpc) is 2.81. The predicted octanol–water partition coefficient (Wildman–Crippen LogP) is 3.56. The molecular weight excluding hydrogens is 240 g/mol. The van der Waals surface area contributed by atoms with Gasteiger partial charge in [-0.05, 0) is 32.3 Å². The second-order valence-corrected chi connectivity index (χ2v) is 5.97. The first-order chi connectivity index (χ1) is 8.74. The van der Waals surface area contributed by atoms with Crippen LogP contribution in [0.5, 0.6) is 0 Å². The van der Waals surface area contributed by atoms with Crippen LogP contribution in [0.1, 0.15) is 28.8 Å². The Labute approximate surface area is 113 Å². The molecule has 2 aromatic rings. The minimum absolute atomic E-state index is 0.535. The molecule has 1 atom stereocenters. The van der Waals surface area contributed by atoms with Gasteiger partial charge in [-0.3, -0.25) is 0 Å². The number of rotatable bonds is 6. The van der Waals surface area contributed by atoms with Crippen molar-refractivity contribution in [1.29, 1.82) is 0 Å². The summed E-state index contributed by atoms with van der Waals surface area (Å²) in [4.78, 5) is 5.59. The van der Waals surface area contributed by atoms with Crippen LogP contribution in [0.3, 0.4) is 0 Å². The van der Waals surface area contributed by atoms with E-state index in [1.165, 1.54) is 16.9 Å². The first-order valence-electron chi connectivity index (χ1n) is 6.42. The van der Waals surface area contributed by atoms with Crippen LogP contribution in [-0.2, 0) is 13.0 Å². The summed E-state index contributed by atoms with van der Waals surface area (Å²) < 4.78 is 0. The van der Waals surface area contributed by atoms with Crippen LogP contribution in [0.15, 0.2) is 36.5 Å². The lowest BCUT2D eigenvalue weighted by Gasteiger charge is -2.12. The standard InChI is InChI=1S/C15H20N2S/c1-12(8-9-14-6-4-3-5-7-14)16-10-15-11-17-13(2)18-15/h3-7,11-12,16H,8-10H2,1-2H3. The second-order valence-electron chi connectivity index (χ2n) is 4.65. The monoisotopic (exact) mass is 260 g/mol. The van der Waals surface area contributed by atoms with E-state index in [4.69, 9.17) is 0 Å². The molecule has 1 aromatic heterocycles. The first kappa shape index (κ1) is 13.2. The van der Waals surface area contributed by atoms with Gasteiger partial charge in [0, 0.05) is 23.7 Å². The Balaban J connectivity index is 1.71. The molecule has 3 heteroatoms. The number of benzene rings is 1. The van der Waals surface area contributed by atoms with Crippen LogP contribution >= 0.6 is 11.3 Å². The van der Waals surface area contributed by atoms with Crippen molar-refractivity contribution >= 4 is 11.3 Å². The van der Waals surface area contributed by atoms with Gasteiger partial charge in [-0.2, -0.15) is 0 Å². The van der Waals surface area contributed by atoms with E-state index in [2.05, 4.69) is 47.6 Å². The van der Waals surface area contributed by atoms with Crippen molar-refractivity contribution in [3.05, 3.63) is 52.0 Å². The molecule has 0 fully saturated rings. The molecule has 1 unspecified atom stereocenters. The van der Waals surface area contributed by atoms with Crippen molar-refractivity contribution in [3.8, 4) is 0 Å². The Morgan fingerprint density at radius 3 is 2.72 bits per heavy atom. The van der Waals surface area contributed by atoms with Gasteiger partial charge >= 0.3 is 0 Å². The van der Waals surface area contributed by atoms with Crippen LogP contribution < -0.4 is 5.32 Å². The maximum Gasteiger partial charge on any atom is 0.0897 e. The minimum Gasteiger partial charge on any atom is -0.309 e. The first-order valence-corrected chi connectivity index (χ1v) is 7.24. The summed E-state index contributed by atoms with van der Waals surface area (Å²) >= 11 is 1.77. The highest BCUT2D eigenvalue weighted by Gasteiger charge is 2.03. The Bertz CT molecular complexity index is 464. The highest BCUT2D eigenvalue weighted by atomic mass is 32.1.